The van der Waals surface area contributed by atoms with Gasteiger partial charge < -0.3 is 15.5 Å². The molecule has 3 heterocycles. The molecule has 8 nitrogen and oxygen atoms in total. The number of aromatic nitrogens is 4. The van der Waals surface area contributed by atoms with E-state index in [2.05, 4.69) is 25.9 Å². The smallest absolute Gasteiger partial charge is 0.277 e. The first kappa shape index (κ1) is 13.5. The number of amides is 1. The summed E-state index contributed by atoms with van der Waals surface area (Å²) in [5, 5.41) is 13.9. The summed E-state index contributed by atoms with van der Waals surface area (Å²) < 4.78 is 1.72. The van der Waals surface area contributed by atoms with Crippen LogP contribution in [-0.4, -0.2) is 53.1 Å². The maximum absolute atomic E-state index is 12.2. The molecule has 0 unspecified atom stereocenters. The molecule has 0 aliphatic carbocycles. The zero-order valence-corrected chi connectivity index (χ0v) is 11.9. The van der Waals surface area contributed by atoms with Gasteiger partial charge >= 0.3 is 0 Å². The zero-order chi connectivity index (χ0) is 14.8. The van der Waals surface area contributed by atoms with Crippen LogP contribution in [0.3, 0.4) is 0 Å². The summed E-state index contributed by atoms with van der Waals surface area (Å²) in [6, 6.07) is 2.13. The average Bonchev–Trinajstić information content (AvgIpc) is 2.86. The number of nitrogens with zero attached hydrogens (tertiary/aromatic N) is 5. The van der Waals surface area contributed by atoms with Gasteiger partial charge in [0.05, 0.1) is 29.8 Å². The lowest BCUT2D eigenvalue weighted by molar-refractivity contribution is 0.102. The van der Waals surface area contributed by atoms with Crippen molar-refractivity contribution in [3.05, 3.63) is 30.4 Å². The highest BCUT2D eigenvalue weighted by atomic mass is 16.2. The largest absolute Gasteiger partial charge is 0.376 e. The Morgan fingerprint density at radius 1 is 1.48 bits per heavy atom. The summed E-state index contributed by atoms with van der Waals surface area (Å²) in [5.74, 6) is -0.287. The molecule has 2 aromatic heterocycles. The van der Waals surface area contributed by atoms with Crippen LogP contribution in [0.15, 0.2) is 24.7 Å². The molecule has 8 heteroatoms. The van der Waals surface area contributed by atoms with Gasteiger partial charge in [-0.3, -0.25) is 9.78 Å². The first-order chi connectivity index (χ1) is 10.1. The molecular formula is C13H17N7O. The van der Waals surface area contributed by atoms with E-state index in [1.165, 1.54) is 0 Å². The van der Waals surface area contributed by atoms with E-state index in [1.807, 2.05) is 25.1 Å². The maximum Gasteiger partial charge on any atom is 0.277 e. The third kappa shape index (κ3) is 2.70. The first-order valence-electron chi connectivity index (χ1n) is 6.70. The van der Waals surface area contributed by atoms with Crippen molar-refractivity contribution in [1.82, 2.24) is 25.3 Å². The van der Waals surface area contributed by atoms with E-state index in [4.69, 9.17) is 0 Å². The van der Waals surface area contributed by atoms with Crippen LogP contribution in [-0.2, 0) is 0 Å². The van der Waals surface area contributed by atoms with Crippen LogP contribution < -0.4 is 15.5 Å². The summed E-state index contributed by atoms with van der Waals surface area (Å²) in [7, 11) is 3.82. The molecular weight excluding hydrogens is 270 g/mol. The highest BCUT2D eigenvalue weighted by molar-refractivity contribution is 6.04. The van der Waals surface area contributed by atoms with E-state index in [1.54, 1.807) is 23.3 Å². The van der Waals surface area contributed by atoms with Gasteiger partial charge in [-0.15, -0.1) is 5.10 Å². The summed E-state index contributed by atoms with van der Waals surface area (Å²) >= 11 is 0. The van der Waals surface area contributed by atoms with E-state index >= 15 is 0 Å². The van der Waals surface area contributed by atoms with Crippen molar-refractivity contribution in [3.8, 4) is 0 Å². The van der Waals surface area contributed by atoms with Crippen LogP contribution in [0.2, 0.25) is 0 Å². The highest BCUT2D eigenvalue weighted by Gasteiger charge is 2.22. The minimum absolute atomic E-state index is 0.287. The normalized spacial score (nSPS) is 14.6. The molecule has 0 spiro atoms. The van der Waals surface area contributed by atoms with Gasteiger partial charge in [-0.25, -0.2) is 4.68 Å². The number of hydrogen-bond donors (Lipinski definition) is 2. The molecule has 0 bridgehead atoms. The van der Waals surface area contributed by atoms with Gasteiger partial charge in [-0.2, -0.15) is 0 Å². The van der Waals surface area contributed by atoms with E-state index < -0.39 is 0 Å². The molecule has 2 aromatic rings. The van der Waals surface area contributed by atoms with E-state index in [0.717, 1.165) is 18.8 Å². The quantitative estimate of drug-likeness (QED) is 0.831. The van der Waals surface area contributed by atoms with Gasteiger partial charge in [0.2, 0.25) is 0 Å². The number of anilines is 2. The fourth-order valence-corrected chi connectivity index (χ4v) is 2.08. The fourth-order valence-electron chi connectivity index (χ4n) is 2.08. The lowest BCUT2D eigenvalue weighted by Gasteiger charge is -2.26. The van der Waals surface area contributed by atoms with Gasteiger partial charge in [0.15, 0.2) is 5.69 Å². The number of rotatable bonds is 4. The monoisotopic (exact) mass is 287 g/mol. The van der Waals surface area contributed by atoms with E-state index in [9.17, 15) is 4.79 Å². The second kappa shape index (κ2) is 5.49. The van der Waals surface area contributed by atoms with Crippen LogP contribution in [0.1, 0.15) is 16.5 Å². The molecule has 3 rings (SSSR count). The van der Waals surface area contributed by atoms with Crippen LogP contribution in [0, 0.1) is 0 Å². The number of hydrogen-bond acceptors (Lipinski definition) is 6. The lowest BCUT2D eigenvalue weighted by Crippen LogP contribution is -2.43. The van der Waals surface area contributed by atoms with Crippen LogP contribution in [0.5, 0.6) is 0 Å². The van der Waals surface area contributed by atoms with Crippen LogP contribution in [0.4, 0.5) is 11.4 Å². The molecule has 21 heavy (non-hydrogen) atoms. The fraction of sp³-hybridized carbons (Fsp3) is 0.385. The molecule has 0 radical (unpaired) electrons. The van der Waals surface area contributed by atoms with Crippen molar-refractivity contribution >= 4 is 17.3 Å². The van der Waals surface area contributed by atoms with Crippen molar-refractivity contribution in [2.45, 2.75) is 6.04 Å². The summed E-state index contributed by atoms with van der Waals surface area (Å²) in [6.45, 7) is 1.72. The minimum atomic E-state index is -0.287. The molecule has 0 aromatic carbocycles. The standard InChI is InChI=1S/C13H17N7O/c1-19(2)12-3-4-14-7-10(12)16-13(21)11-8-20(18-17-11)9-5-15-6-9/h3-4,7-9,15H,5-6H2,1-2H3,(H,16,21). The zero-order valence-electron chi connectivity index (χ0n) is 11.9. The lowest BCUT2D eigenvalue weighted by atomic mass is 10.2. The van der Waals surface area contributed by atoms with Gasteiger partial charge in [-0.05, 0) is 6.07 Å². The van der Waals surface area contributed by atoms with Crippen LogP contribution >= 0.6 is 0 Å². The number of carbonyl (C=O) groups excluding carboxylic acids is 1. The topological polar surface area (TPSA) is 88.0 Å². The molecule has 2 N–H and O–H groups in total. The van der Waals surface area contributed by atoms with Crippen LogP contribution in [0.25, 0.3) is 0 Å². The highest BCUT2D eigenvalue weighted by Crippen LogP contribution is 2.22. The summed E-state index contributed by atoms with van der Waals surface area (Å²) in [4.78, 5) is 18.2. The Balaban J connectivity index is 1.75. The second-order valence-corrected chi connectivity index (χ2v) is 5.14. The summed E-state index contributed by atoms with van der Waals surface area (Å²) in [6.07, 6.45) is 4.98. The second-order valence-electron chi connectivity index (χ2n) is 5.14. The molecule has 0 atom stereocenters. The van der Waals surface area contributed by atoms with Crippen molar-refractivity contribution < 1.29 is 4.79 Å². The molecule has 110 valence electrons. The van der Waals surface area contributed by atoms with E-state index in [-0.39, 0.29) is 11.9 Å². The van der Waals surface area contributed by atoms with Gasteiger partial charge in [0.1, 0.15) is 0 Å². The average molecular weight is 287 g/mol. The molecule has 1 aliphatic heterocycles. The van der Waals surface area contributed by atoms with Crippen molar-refractivity contribution in [1.29, 1.82) is 0 Å². The van der Waals surface area contributed by atoms with Crippen molar-refractivity contribution in [2.24, 2.45) is 0 Å². The Kier molecular flexibility index (Phi) is 3.53. The van der Waals surface area contributed by atoms with Gasteiger partial charge in [-0.1, -0.05) is 5.21 Å². The SMILES string of the molecule is CN(C)c1ccncc1NC(=O)c1cn(C2CNC2)nn1. The predicted octanol–water partition coefficient (Wildman–Crippen LogP) is 0.136. The molecule has 1 saturated heterocycles. The van der Waals surface area contributed by atoms with Gasteiger partial charge in [0.25, 0.3) is 5.91 Å². The molecule has 1 aliphatic rings. The number of pyridine rings is 1. The first-order valence-corrected chi connectivity index (χ1v) is 6.70. The Bertz CT molecular complexity index is 647. The number of nitrogens with one attached hydrogen (secondary N) is 2. The van der Waals surface area contributed by atoms with E-state index in [0.29, 0.717) is 11.4 Å². The van der Waals surface area contributed by atoms with Gasteiger partial charge in [0, 0.05) is 33.4 Å². The molecule has 0 saturated carbocycles. The third-order valence-electron chi connectivity index (χ3n) is 3.41. The predicted molar refractivity (Wildman–Crippen MR) is 78.4 cm³/mol. The minimum Gasteiger partial charge on any atom is -0.376 e. The van der Waals surface area contributed by atoms with Crippen molar-refractivity contribution in [3.63, 3.8) is 0 Å². The number of carbonyl (C=O) groups is 1. The Labute approximate surface area is 122 Å². The summed E-state index contributed by atoms with van der Waals surface area (Å²) in [5.41, 5.74) is 1.83. The third-order valence-corrected chi connectivity index (χ3v) is 3.41. The van der Waals surface area contributed by atoms with Crippen molar-refractivity contribution in [2.75, 3.05) is 37.4 Å². The molecule has 1 fully saturated rings. The Hall–Kier alpha value is -2.48. The Morgan fingerprint density at radius 3 is 2.95 bits per heavy atom. The maximum atomic E-state index is 12.2. The Morgan fingerprint density at radius 2 is 2.29 bits per heavy atom. The molecule has 1 amide bonds.